The van der Waals surface area contributed by atoms with Gasteiger partial charge < -0.3 is 0 Å². The third kappa shape index (κ3) is 4.03. The Bertz CT molecular complexity index is 487. The van der Waals surface area contributed by atoms with Gasteiger partial charge in [0.25, 0.3) is 0 Å². The van der Waals surface area contributed by atoms with Gasteiger partial charge in [0.15, 0.2) is 0 Å². The van der Waals surface area contributed by atoms with Gasteiger partial charge in [0, 0.05) is 18.6 Å². The summed E-state index contributed by atoms with van der Waals surface area (Å²) in [7, 11) is 0. The van der Waals surface area contributed by atoms with Crippen LogP contribution in [0.15, 0.2) is 65.9 Å². The lowest BCUT2D eigenvalue weighted by Crippen LogP contribution is -1.81. The van der Waals surface area contributed by atoms with Crippen LogP contribution < -0.4 is 0 Å². The molecular weight excluding hydrogens is 208 g/mol. The quantitative estimate of drug-likeness (QED) is 0.728. The second kappa shape index (κ2) is 6.38. The summed E-state index contributed by atoms with van der Waals surface area (Å²) < 4.78 is 0. The summed E-state index contributed by atoms with van der Waals surface area (Å²) in [5, 5.41) is 0. The summed E-state index contributed by atoms with van der Waals surface area (Å²) >= 11 is 0. The monoisotopic (exact) mass is 222 g/mol. The predicted molar refractivity (Wildman–Crippen MR) is 71.9 cm³/mol. The van der Waals surface area contributed by atoms with E-state index < -0.39 is 0 Å². The van der Waals surface area contributed by atoms with Crippen molar-refractivity contribution in [3.8, 4) is 0 Å². The molecule has 0 saturated carbocycles. The molecule has 17 heavy (non-hydrogen) atoms. The maximum Gasteiger partial charge on any atom is 0.0654 e. The van der Waals surface area contributed by atoms with E-state index in [4.69, 9.17) is 0 Å². The van der Waals surface area contributed by atoms with Gasteiger partial charge in [-0.3, -0.25) is 9.98 Å². The van der Waals surface area contributed by atoms with Gasteiger partial charge in [0.05, 0.1) is 6.54 Å². The van der Waals surface area contributed by atoms with Crippen molar-refractivity contribution in [3.05, 3.63) is 72.1 Å². The highest BCUT2D eigenvalue weighted by atomic mass is 14.7. The van der Waals surface area contributed by atoms with E-state index in [1.54, 1.807) is 6.20 Å². The van der Waals surface area contributed by atoms with Crippen LogP contribution in [0.2, 0.25) is 0 Å². The number of hydrogen-bond acceptors (Lipinski definition) is 2. The highest BCUT2D eigenvalue weighted by Gasteiger charge is 1.86. The summed E-state index contributed by atoms with van der Waals surface area (Å²) in [6, 6.07) is 14.1. The molecule has 0 unspecified atom stereocenters. The first-order chi connectivity index (χ1) is 8.45. The number of aliphatic imine (C=N–C) groups is 1. The first-order valence-corrected chi connectivity index (χ1v) is 5.55. The molecule has 0 spiro atoms. The second-order valence-electron chi connectivity index (χ2n) is 3.62. The van der Waals surface area contributed by atoms with Crippen LogP contribution >= 0.6 is 0 Å². The van der Waals surface area contributed by atoms with E-state index in [2.05, 4.69) is 22.1 Å². The van der Waals surface area contributed by atoms with Gasteiger partial charge in [-0.1, -0.05) is 42.5 Å². The van der Waals surface area contributed by atoms with Crippen molar-refractivity contribution >= 4 is 12.3 Å². The van der Waals surface area contributed by atoms with Gasteiger partial charge in [-0.2, -0.15) is 0 Å². The molecule has 0 aliphatic rings. The number of allylic oxidation sites excluding steroid dienone is 1. The van der Waals surface area contributed by atoms with Crippen molar-refractivity contribution < 1.29 is 0 Å². The van der Waals surface area contributed by atoms with E-state index in [-0.39, 0.29) is 0 Å². The van der Waals surface area contributed by atoms with Gasteiger partial charge >= 0.3 is 0 Å². The number of pyridine rings is 1. The standard InChI is InChI=1S/C15H14N2/c1-2-6-14(7-3-1)8-4-10-16-12-15-9-5-11-17-13-15/h1-11,13H,12H2/b8-4+,16-10?. The van der Waals surface area contributed by atoms with Crippen LogP contribution in [0.5, 0.6) is 0 Å². The van der Waals surface area contributed by atoms with Crippen LogP contribution in [0.4, 0.5) is 0 Å². The van der Waals surface area contributed by atoms with Crippen molar-refractivity contribution in [1.29, 1.82) is 0 Å². The molecule has 2 rings (SSSR count). The summed E-state index contributed by atoms with van der Waals surface area (Å²) in [6.45, 7) is 0.674. The molecule has 84 valence electrons. The average Bonchev–Trinajstić information content (AvgIpc) is 2.41. The van der Waals surface area contributed by atoms with Gasteiger partial charge in [-0.05, 0) is 23.3 Å². The zero-order valence-corrected chi connectivity index (χ0v) is 9.53. The van der Waals surface area contributed by atoms with Gasteiger partial charge in [0.1, 0.15) is 0 Å². The molecule has 2 heteroatoms. The molecule has 0 bridgehead atoms. The third-order valence-electron chi connectivity index (χ3n) is 2.28. The number of nitrogens with zero attached hydrogens (tertiary/aromatic N) is 2. The lowest BCUT2D eigenvalue weighted by molar-refractivity contribution is 1.05. The first kappa shape index (κ1) is 11.3. The fraction of sp³-hybridized carbons (Fsp3) is 0.0667. The Morgan fingerprint density at radius 2 is 1.94 bits per heavy atom. The maximum absolute atomic E-state index is 4.30. The SMILES string of the molecule is C(/C=C/c1ccccc1)=NCc1cccnc1. The molecule has 1 heterocycles. The zero-order chi connectivity index (χ0) is 11.8. The molecule has 0 aliphatic heterocycles. The van der Waals surface area contributed by atoms with Crippen molar-refractivity contribution in [3.63, 3.8) is 0 Å². The molecule has 0 N–H and O–H groups in total. The summed E-state index contributed by atoms with van der Waals surface area (Å²) in [6.07, 6.45) is 9.40. The number of benzene rings is 1. The molecule has 2 nitrogen and oxygen atoms in total. The first-order valence-electron chi connectivity index (χ1n) is 5.55. The molecule has 1 aromatic heterocycles. The van der Waals surface area contributed by atoms with Crippen molar-refractivity contribution in [2.24, 2.45) is 4.99 Å². The van der Waals surface area contributed by atoms with Crippen LogP contribution in [-0.4, -0.2) is 11.2 Å². The normalized spacial score (nSPS) is 11.3. The van der Waals surface area contributed by atoms with Crippen LogP contribution in [0.25, 0.3) is 6.08 Å². The molecule has 0 atom stereocenters. The van der Waals surface area contributed by atoms with Gasteiger partial charge in [-0.15, -0.1) is 0 Å². The lowest BCUT2D eigenvalue weighted by Gasteiger charge is -1.92. The van der Waals surface area contributed by atoms with Crippen LogP contribution in [0.1, 0.15) is 11.1 Å². The molecule has 0 fully saturated rings. The fourth-order valence-corrected chi connectivity index (χ4v) is 1.43. The summed E-state index contributed by atoms with van der Waals surface area (Å²) in [5.41, 5.74) is 2.30. The highest BCUT2D eigenvalue weighted by Crippen LogP contribution is 2.00. The molecule has 0 radical (unpaired) electrons. The smallest absolute Gasteiger partial charge is 0.0654 e. The Kier molecular flexibility index (Phi) is 4.23. The molecule has 2 aromatic rings. The number of rotatable bonds is 4. The molecule has 0 aliphatic carbocycles. The second-order valence-corrected chi connectivity index (χ2v) is 3.62. The van der Waals surface area contributed by atoms with E-state index in [1.165, 1.54) is 5.56 Å². The maximum atomic E-state index is 4.30. The van der Waals surface area contributed by atoms with E-state index in [1.807, 2.05) is 54.9 Å². The summed E-state index contributed by atoms with van der Waals surface area (Å²) in [4.78, 5) is 8.34. The highest BCUT2D eigenvalue weighted by molar-refractivity contribution is 5.78. The zero-order valence-electron chi connectivity index (χ0n) is 9.53. The fourth-order valence-electron chi connectivity index (χ4n) is 1.43. The molecule has 0 amide bonds. The van der Waals surface area contributed by atoms with Crippen molar-refractivity contribution in [1.82, 2.24) is 4.98 Å². The van der Waals surface area contributed by atoms with Crippen LogP contribution in [0, 0.1) is 0 Å². The van der Waals surface area contributed by atoms with Crippen LogP contribution in [-0.2, 0) is 6.54 Å². The van der Waals surface area contributed by atoms with Crippen molar-refractivity contribution in [2.45, 2.75) is 6.54 Å². The van der Waals surface area contributed by atoms with E-state index >= 15 is 0 Å². The predicted octanol–water partition coefficient (Wildman–Crippen LogP) is 3.37. The van der Waals surface area contributed by atoms with Crippen LogP contribution in [0.3, 0.4) is 0 Å². The molecule has 1 aromatic carbocycles. The Morgan fingerprint density at radius 3 is 2.71 bits per heavy atom. The van der Waals surface area contributed by atoms with Crippen molar-refractivity contribution in [2.75, 3.05) is 0 Å². The average molecular weight is 222 g/mol. The Morgan fingerprint density at radius 1 is 1.06 bits per heavy atom. The Balaban J connectivity index is 1.85. The lowest BCUT2D eigenvalue weighted by atomic mass is 10.2. The van der Waals surface area contributed by atoms with Gasteiger partial charge in [-0.25, -0.2) is 0 Å². The Labute approximate surface area is 101 Å². The minimum Gasteiger partial charge on any atom is -0.288 e. The Hall–Kier alpha value is -2.22. The van der Waals surface area contributed by atoms with Gasteiger partial charge in [0.2, 0.25) is 0 Å². The minimum atomic E-state index is 0.674. The molecular formula is C15H14N2. The summed E-state index contributed by atoms with van der Waals surface area (Å²) in [5.74, 6) is 0. The third-order valence-corrected chi connectivity index (χ3v) is 2.28. The largest absolute Gasteiger partial charge is 0.288 e. The van der Waals surface area contributed by atoms with E-state index in [9.17, 15) is 0 Å². The minimum absolute atomic E-state index is 0.674. The topological polar surface area (TPSA) is 25.2 Å². The number of aromatic nitrogens is 1. The molecule has 0 saturated heterocycles. The number of hydrogen-bond donors (Lipinski definition) is 0. The van der Waals surface area contributed by atoms with E-state index in [0.29, 0.717) is 6.54 Å². The van der Waals surface area contributed by atoms with E-state index in [0.717, 1.165) is 5.56 Å².